The fourth-order valence-electron chi connectivity index (χ4n) is 1.38. The summed E-state index contributed by atoms with van der Waals surface area (Å²) in [7, 11) is 1.62. The molecule has 0 radical (unpaired) electrons. The van der Waals surface area contributed by atoms with Crippen LogP contribution in [-0.4, -0.2) is 20.6 Å². The van der Waals surface area contributed by atoms with Gasteiger partial charge in [0, 0.05) is 19.3 Å². The van der Waals surface area contributed by atoms with Gasteiger partial charge in [-0.2, -0.15) is 10.4 Å². The molecule has 0 bridgehead atoms. The quantitative estimate of drug-likeness (QED) is 0.674. The van der Waals surface area contributed by atoms with Gasteiger partial charge in [0.1, 0.15) is 11.6 Å². The Labute approximate surface area is 111 Å². The van der Waals surface area contributed by atoms with Gasteiger partial charge in [-0.3, -0.25) is 19.6 Å². The van der Waals surface area contributed by atoms with E-state index in [0.717, 1.165) is 11.3 Å². The van der Waals surface area contributed by atoms with Crippen LogP contribution in [0.3, 0.4) is 0 Å². The van der Waals surface area contributed by atoms with Gasteiger partial charge in [0.2, 0.25) is 0 Å². The van der Waals surface area contributed by atoms with E-state index in [0.29, 0.717) is 0 Å². The van der Waals surface area contributed by atoms with Gasteiger partial charge in [-0.1, -0.05) is 11.3 Å². The molecule has 0 aliphatic rings. The summed E-state index contributed by atoms with van der Waals surface area (Å²) in [5.74, 6) is -0.403. The number of rotatable bonds is 3. The maximum Gasteiger partial charge on any atom is 0.324 e. The number of aryl methyl sites for hydroxylation is 1. The Morgan fingerprint density at radius 3 is 2.95 bits per heavy atom. The molecule has 19 heavy (non-hydrogen) atoms. The third kappa shape index (κ3) is 2.58. The van der Waals surface area contributed by atoms with Crippen molar-refractivity contribution in [3.05, 3.63) is 38.9 Å². The SMILES string of the molecule is Cn1cc(C#N)c(NC(=O)c2ccc([N+](=O)[O-])s2)n1. The third-order valence-corrected chi connectivity index (χ3v) is 3.21. The summed E-state index contributed by atoms with van der Waals surface area (Å²) in [6.07, 6.45) is 1.46. The smallest absolute Gasteiger partial charge is 0.303 e. The van der Waals surface area contributed by atoms with E-state index in [9.17, 15) is 14.9 Å². The molecule has 0 saturated heterocycles. The minimum absolute atomic E-state index is 0.119. The fraction of sp³-hybridized carbons (Fsp3) is 0.100. The Balaban J connectivity index is 2.21. The van der Waals surface area contributed by atoms with Gasteiger partial charge in [-0.05, 0) is 6.07 Å². The molecule has 0 spiro atoms. The van der Waals surface area contributed by atoms with Gasteiger partial charge in [0.25, 0.3) is 5.91 Å². The highest BCUT2D eigenvalue weighted by Gasteiger charge is 2.17. The number of nitrogens with one attached hydrogen (secondary N) is 1. The number of aromatic nitrogens is 2. The number of carbonyl (C=O) groups is 1. The number of nitriles is 1. The van der Waals surface area contributed by atoms with E-state index in [4.69, 9.17) is 5.26 Å². The summed E-state index contributed by atoms with van der Waals surface area (Å²) in [6, 6.07) is 4.50. The van der Waals surface area contributed by atoms with E-state index in [1.54, 1.807) is 7.05 Å². The predicted octanol–water partition coefficient (Wildman–Crippen LogP) is 1.51. The highest BCUT2D eigenvalue weighted by Crippen LogP contribution is 2.24. The van der Waals surface area contributed by atoms with Gasteiger partial charge in [-0.15, -0.1) is 0 Å². The monoisotopic (exact) mass is 277 g/mol. The number of nitrogens with zero attached hydrogens (tertiary/aromatic N) is 4. The zero-order valence-corrected chi connectivity index (χ0v) is 10.5. The summed E-state index contributed by atoms with van der Waals surface area (Å²) in [6.45, 7) is 0. The molecule has 2 aromatic heterocycles. The molecule has 0 atom stereocenters. The number of carbonyl (C=O) groups excluding carboxylic acids is 1. The van der Waals surface area contributed by atoms with Crippen molar-refractivity contribution >= 4 is 28.1 Å². The second kappa shape index (κ2) is 4.87. The van der Waals surface area contributed by atoms with E-state index in [-0.39, 0.29) is 21.3 Å². The van der Waals surface area contributed by atoms with Crippen LogP contribution in [0.15, 0.2) is 18.3 Å². The number of hydrogen-bond acceptors (Lipinski definition) is 6. The van der Waals surface area contributed by atoms with Gasteiger partial charge < -0.3 is 5.32 Å². The normalized spacial score (nSPS) is 9.89. The molecule has 1 amide bonds. The minimum Gasteiger partial charge on any atom is -0.303 e. The first-order valence-corrected chi connectivity index (χ1v) is 5.82. The first-order valence-electron chi connectivity index (χ1n) is 5.00. The minimum atomic E-state index is -0.567. The van der Waals surface area contributed by atoms with Crippen molar-refractivity contribution in [2.75, 3.05) is 5.32 Å². The molecule has 1 N–H and O–H groups in total. The Morgan fingerprint density at radius 2 is 2.37 bits per heavy atom. The van der Waals surface area contributed by atoms with Crippen molar-refractivity contribution in [3.63, 3.8) is 0 Å². The molecule has 9 heteroatoms. The van der Waals surface area contributed by atoms with E-state index >= 15 is 0 Å². The number of amides is 1. The van der Waals surface area contributed by atoms with Crippen molar-refractivity contribution in [1.29, 1.82) is 5.26 Å². The Morgan fingerprint density at radius 1 is 1.63 bits per heavy atom. The summed E-state index contributed by atoms with van der Waals surface area (Å²) in [5, 5.41) is 25.6. The molecule has 96 valence electrons. The van der Waals surface area contributed by atoms with Gasteiger partial charge in [0.05, 0.1) is 9.80 Å². The van der Waals surface area contributed by atoms with E-state index < -0.39 is 10.8 Å². The second-order valence-corrected chi connectivity index (χ2v) is 4.59. The van der Waals surface area contributed by atoms with Crippen molar-refractivity contribution in [2.45, 2.75) is 0 Å². The van der Waals surface area contributed by atoms with Crippen LogP contribution in [-0.2, 0) is 7.05 Å². The van der Waals surface area contributed by atoms with Gasteiger partial charge >= 0.3 is 5.00 Å². The average Bonchev–Trinajstić information content (AvgIpc) is 2.95. The standard InChI is InChI=1S/C10H7N5O3S/c1-14-5-6(4-11)9(13-14)12-10(16)7-2-3-8(19-7)15(17)18/h2-3,5H,1H3,(H,12,13,16). The second-order valence-electron chi connectivity index (χ2n) is 3.53. The molecule has 0 aromatic carbocycles. The van der Waals surface area contributed by atoms with Crippen molar-refractivity contribution in [2.24, 2.45) is 7.05 Å². The van der Waals surface area contributed by atoms with Crippen LogP contribution in [0.1, 0.15) is 15.2 Å². The van der Waals surface area contributed by atoms with Crippen molar-refractivity contribution < 1.29 is 9.72 Å². The van der Waals surface area contributed by atoms with Crippen LogP contribution in [0, 0.1) is 21.4 Å². The molecule has 8 nitrogen and oxygen atoms in total. The molecule has 0 fully saturated rings. The first kappa shape index (κ1) is 12.7. The lowest BCUT2D eigenvalue weighted by molar-refractivity contribution is -0.380. The molecule has 2 rings (SSSR count). The molecule has 0 aliphatic carbocycles. The van der Waals surface area contributed by atoms with Crippen LogP contribution in [0.2, 0.25) is 0 Å². The molecule has 0 saturated carbocycles. The van der Waals surface area contributed by atoms with Crippen LogP contribution in [0.5, 0.6) is 0 Å². The van der Waals surface area contributed by atoms with Crippen molar-refractivity contribution in [1.82, 2.24) is 9.78 Å². The van der Waals surface area contributed by atoms with Crippen LogP contribution in [0.4, 0.5) is 10.8 Å². The lowest BCUT2D eigenvalue weighted by Crippen LogP contribution is -2.11. The number of anilines is 1. The topological polar surface area (TPSA) is 114 Å². The zero-order chi connectivity index (χ0) is 14.0. The van der Waals surface area contributed by atoms with Crippen molar-refractivity contribution in [3.8, 4) is 6.07 Å². The summed E-state index contributed by atoms with van der Waals surface area (Å²) in [5.41, 5.74) is 0.224. The maximum atomic E-state index is 11.8. The Kier molecular flexibility index (Phi) is 3.26. The zero-order valence-electron chi connectivity index (χ0n) is 9.65. The van der Waals surface area contributed by atoms with E-state index in [1.807, 2.05) is 6.07 Å². The largest absolute Gasteiger partial charge is 0.324 e. The lowest BCUT2D eigenvalue weighted by atomic mass is 10.3. The van der Waals surface area contributed by atoms with Crippen LogP contribution < -0.4 is 5.32 Å². The molecular formula is C10H7N5O3S. The number of nitro groups is 1. The summed E-state index contributed by atoms with van der Waals surface area (Å²) >= 11 is 0.760. The molecule has 2 aromatic rings. The highest BCUT2D eigenvalue weighted by atomic mass is 32.1. The Bertz CT molecular complexity index is 696. The van der Waals surface area contributed by atoms with Crippen LogP contribution in [0.25, 0.3) is 0 Å². The third-order valence-electron chi connectivity index (χ3n) is 2.18. The summed E-state index contributed by atoms with van der Waals surface area (Å²) < 4.78 is 1.39. The summed E-state index contributed by atoms with van der Waals surface area (Å²) in [4.78, 5) is 22.0. The number of thiophene rings is 1. The molecule has 0 unspecified atom stereocenters. The van der Waals surface area contributed by atoms with Gasteiger partial charge in [-0.25, -0.2) is 0 Å². The lowest BCUT2D eigenvalue weighted by Gasteiger charge is -1.98. The fourth-order valence-corrected chi connectivity index (χ4v) is 2.10. The average molecular weight is 277 g/mol. The van der Waals surface area contributed by atoms with Gasteiger partial charge in [0.15, 0.2) is 5.82 Å². The van der Waals surface area contributed by atoms with E-state index in [1.165, 1.54) is 23.0 Å². The van der Waals surface area contributed by atoms with E-state index in [2.05, 4.69) is 10.4 Å². The Hall–Kier alpha value is -2.73. The predicted molar refractivity (Wildman–Crippen MR) is 66.8 cm³/mol. The highest BCUT2D eigenvalue weighted by molar-refractivity contribution is 7.17. The number of hydrogen-bond donors (Lipinski definition) is 1. The maximum absolute atomic E-state index is 11.8. The van der Waals surface area contributed by atoms with Crippen LogP contribution >= 0.6 is 11.3 Å². The molecule has 2 heterocycles. The first-order chi connectivity index (χ1) is 9.01. The molecule has 0 aliphatic heterocycles. The molecular weight excluding hydrogens is 270 g/mol.